The Labute approximate surface area is 127 Å². The van der Waals surface area contributed by atoms with E-state index in [1.165, 1.54) is 10.4 Å². The van der Waals surface area contributed by atoms with Crippen LogP contribution in [0.15, 0.2) is 23.6 Å². The van der Waals surface area contributed by atoms with Crippen LogP contribution in [0.2, 0.25) is 0 Å². The number of aromatic nitrogens is 3. The molecule has 0 saturated heterocycles. The van der Waals surface area contributed by atoms with Crippen molar-refractivity contribution in [1.82, 2.24) is 14.5 Å². The predicted molar refractivity (Wildman–Crippen MR) is 84.8 cm³/mol. The summed E-state index contributed by atoms with van der Waals surface area (Å²) in [6.45, 7) is 4.97. The molecule has 0 unspecified atom stereocenters. The molecule has 0 fully saturated rings. The number of hydrogen-bond acceptors (Lipinski definition) is 3. The Morgan fingerprint density at radius 1 is 1.20 bits per heavy atom. The minimum Gasteiger partial charge on any atom is -0.307 e. The first-order valence-corrected chi connectivity index (χ1v) is 8.02. The molecular weight excluding hydrogens is 290 g/mol. The summed E-state index contributed by atoms with van der Waals surface area (Å²) in [5, 5.41) is 2.13. The van der Waals surface area contributed by atoms with Crippen LogP contribution in [0.5, 0.6) is 0 Å². The molecule has 0 amide bonds. The second kappa shape index (κ2) is 5.54. The van der Waals surface area contributed by atoms with E-state index in [0.29, 0.717) is 5.88 Å². The summed E-state index contributed by atoms with van der Waals surface area (Å²) >= 11 is 7.69. The molecule has 0 spiro atoms. The van der Waals surface area contributed by atoms with E-state index in [-0.39, 0.29) is 0 Å². The number of rotatable bonds is 4. The van der Waals surface area contributed by atoms with Crippen LogP contribution in [0.4, 0.5) is 0 Å². The first kappa shape index (κ1) is 13.6. The molecule has 0 atom stereocenters. The van der Waals surface area contributed by atoms with Crippen LogP contribution < -0.4 is 0 Å². The van der Waals surface area contributed by atoms with Crippen LogP contribution in [0.3, 0.4) is 0 Å². The van der Waals surface area contributed by atoms with Gasteiger partial charge in [-0.15, -0.1) is 22.9 Å². The average molecular weight is 306 g/mol. The Balaban J connectivity index is 2.12. The number of thiophene rings is 1. The van der Waals surface area contributed by atoms with Gasteiger partial charge in [0.25, 0.3) is 0 Å². The van der Waals surface area contributed by atoms with Crippen LogP contribution in [0.1, 0.15) is 22.0 Å². The molecule has 3 nitrogen and oxygen atoms in total. The second-order valence-corrected chi connectivity index (χ2v) is 6.25. The topological polar surface area (TPSA) is 30.7 Å². The third-order valence-electron chi connectivity index (χ3n) is 3.40. The number of imidazole rings is 1. The first-order valence-electron chi connectivity index (χ1n) is 6.60. The molecule has 0 saturated carbocycles. The van der Waals surface area contributed by atoms with Gasteiger partial charge in [0.1, 0.15) is 11.3 Å². The van der Waals surface area contributed by atoms with Gasteiger partial charge in [0, 0.05) is 22.9 Å². The van der Waals surface area contributed by atoms with Crippen LogP contribution in [-0.4, -0.2) is 20.4 Å². The van der Waals surface area contributed by atoms with Crippen LogP contribution in [-0.2, 0) is 13.0 Å². The van der Waals surface area contributed by atoms with Crippen molar-refractivity contribution in [1.29, 1.82) is 0 Å². The monoisotopic (exact) mass is 305 g/mol. The molecule has 0 bridgehead atoms. The number of nitrogens with zero attached hydrogens (tertiary/aromatic N) is 3. The van der Waals surface area contributed by atoms with Crippen LogP contribution in [0.25, 0.3) is 11.2 Å². The lowest BCUT2D eigenvalue weighted by Gasteiger charge is -2.07. The van der Waals surface area contributed by atoms with Gasteiger partial charge >= 0.3 is 0 Å². The first-order chi connectivity index (χ1) is 9.69. The molecule has 20 heavy (non-hydrogen) atoms. The van der Waals surface area contributed by atoms with E-state index in [9.17, 15) is 0 Å². The van der Waals surface area contributed by atoms with E-state index in [1.807, 2.05) is 19.1 Å². The maximum absolute atomic E-state index is 5.91. The van der Waals surface area contributed by atoms with Crippen molar-refractivity contribution in [3.05, 3.63) is 45.5 Å². The predicted octanol–water partition coefficient (Wildman–Crippen LogP) is 3.94. The number of pyridine rings is 1. The lowest BCUT2D eigenvalue weighted by molar-refractivity contribution is 0.752. The summed E-state index contributed by atoms with van der Waals surface area (Å²) < 4.78 is 2.20. The fourth-order valence-corrected chi connectivity index (χ4v) is 3.36. The van der Waals surface area contributed by atoms with Crippen LogP contribution in [0, 0.1) is 13.8 Å². The lowest BCUT2D eigenvalue weighted by Crippen LogP contribution is -2.06. The fraction of sp³-hybridized carbons (Fsp3) is 0.333. The zero-order chi connectivity index (χ0) is 14.1. The molecule has 0 aromatic carbocycles. The normalized spacial score (nSPS) is 11.3. The molecule has 3 aromatic rings. The third-order valence-corrected chi connectivity index (χ3v) is 4.60. The number of alkyl halides is 1. The standard InChI is InChI=1S/C15H16ClN3S/c1-10-6-8-20-13(10)9-19-14(5-7-16)18-12-4-3-11(2)17-15(12)19/h3-4,6,8H,5,7,9H2,1-2H3. The van der Waals surface area contributed by atoms with Gasteiger partial charge in [0.2, 0.25) is 0 Å². The number of hydrogen-bond donors (Lipinski definition) is 0. The summed E-state index contributed by atoms with van der Waals surface area (Å²) in [6.07, 6.45) is 0.765. The molecule has 104 valence electrons. The van der Waals surface area contributed by atoms with Crippen molar-refractivity contribution in [3.8, 4) is 0 Å². The SMILES string of the molecule is Cc1ccc2nc(CCCl)n(Cc3sccc3C)c2n1. The highest BCUT2D eigenvalue weighted by Gasteiger charge is 2.13. The smallest absolute Gasteiger partial charge is 0.160 e. The number of aryl methyl sites for hydroxylation is 3. The highest BCUT2D eigenvalue weighted by molar-refractivity contribution is 7.10. The molecule has 0 aliphatic carbocycles. The van der Waals surface area contributed by atoms with E-state index in [2.05, 4.69) is 32.9 Å². The van der Waals surface area contributed by atoms with E-state index in [0.717, 1.165) is 35.6 Å². The summed E-state index contributed by atoms with van der Waals surface area (Å²) in [5.41, 5.74) is 4.24. The summed E-state index contributed by atoms with van der Waals surface area (Å²) in [4.78, 5) is 10.7. The summed E-state index contributed by atoms with van der Waals surface area (Å²) in [7, 11) is 0. The molecule has 3 rings (SSSR count). The van der Waals surface area contributed by atoms with Gasteiger partial charge in [-0.05, 0) is 43.0 Å². The minimum absolute atomic E-state index is 0.575. The summed E-state index contributed by atoms with van der Waals surface area (Å²) in [5.74, 6) is 1.59. The Morgan fingerprint density at radius 2 is 2.05 bits per heavy atom. The number of fused-ring (bicyclic) bond motifs is 1. The molecule has 0 N–H and O–H groups in total. The van der Waals surface area contributed by atoms with Gasteiger partial charge in [0.15, 0.2) is 5.65 Å². The second-order valence-electron chi connectivity index (χ2n) is 4.88. The average Bonchev–Trinajstić information content (AvgIpc) is 2.96. The molecule has 0 radical (unpaired) electrons. The van der Waals surface area contributed by atoms with E-state index < -0.39 is 0 Å². The van der Waals surface area contributed by atoms with E-state index >= 15 is 0 Å². The molecular formula is C15H16ClN3S. The van der Waals surface area contributed by atoms with Crippen molar-refractivity contribution in [2.75, 3.05) is 5.88 Å². The fourth-order valence-electron chi connectivity index (χ4n) is 2.29. The maximum atomic E-state index is 5.91. The van der Waals surface area contributed by atoms with Crippen molar-refractivity contribution < 1.29 is 0 Å². The van der Waals surface area contributed by atoms with Gasteiger partial charge in [-0.2, -0.15) is 0 Å². The Hall–Kier alpha value is -1.39. The summed E-state index contributed by atoms with van der Waals surface area (Å²) in [6, 6.07) is 6.19. The van der Waals surface area contributed by atoms with Crippen molar-refractivity contribution in [2.24, 2.45) is 0 Å². The molecule has 5 heteroatoms. The molecule has 0 aliphatic heterocycles. The van der Waals surface area contributed by atoms with Gasteiger partial charge in [-0.3, -0.25) is 0 Å². The van der Waals surface area contributed by atoms with Gasteiger partial charge in [-0.25, -0.2) is 9.97 Å². The lowest BCUT2D eigenvalue weighted by atomic mass is 10.3. The van der Waals surface area contributed by atoms with Crippen LogP contribution >= 0.6 is 22.9 Å². The van der Waals surface area contributed by atoms with Crippen molar-refractivity contribution in [3.63, 3.8) is 0 Å². The third kappa shape index (κ3) is 2.45. The van der Waals surface area contributed by atoms with E-state index in [1.54, 1.807) is 11.3 Å². The largest absolute Gasteiger partial charge is 0.307 e. The Bertz CT molecular complexity index is 745. The molecule has 3 heterocycles. The van der Waals surface area contributed by atoms with Crippen molar-refractivity contribution >= 4 is 34.1 Å². The quantitative estimate of drug-likeness (QED) is 0.684. The van der Waals surface area contributed by atoms with Gasteiger partial charge in [-0.1, -0.05) is 0 Å². The van der Waals surface area contributed by atoms with Crippen molar-refractivity contribution in [2.45, 2.75) is 26.8 Å². The van der Waals surface area contributed by atoms with E-state index in [4.69, 9.17) is 11.6 Å². The number of halogens is 1. The van der Waals surface area contributed by atoms with Gasteiger partial charge in [0.05, 0.1) is 6.54 Å². The Kier molecular flexibility index (Phi) is 3.76. The van der Waals surface area contributed by atoms with Gasteiger partial charge < -0.3 is 4.57 Å². The zero-order valence-corrected chi connectivity index (χ0v) is 13.1. The maximum Gasteiger partial charge on any atom is 0.160 e. The Morgan fingerprint density at radius 3 is 2.75 bits per heavy atom. The molecule has 3 aromatic heterocycles. The highest BCUT2D eigenvalue weighted by Crippen LogP contribution is 2.22. The minimum atomic E-state index is 0.575. The zero-order valence-electron chi connectivity index (χ0n) is 11.6. The highest BCUT2D eigenvalue weighted by atomic mass is 35.5. The molecule has 0 aliphatic rings.